The highest BCUT2D eigenvalue weighted by atomic mass is 79.9. The number of pyridine rings is 1. The van der Waals surface area contributed by atoms with Crippen LogP contribution in [0.5, 0.6) is 5.75 Å². The van der Waals surface area contributed by atoms with E-state index in [4.69, 9.17) is 9.78 Å². The van der Waals surface area contributed by atoms with Gasteiger partial charge in [-0.15, -0.1) is 0 Å². The summed E-state index contributed by atoms with van der Waals surface area (Å²) in [5, 5.41) is 0.531. The van der Waals surface area contributed by atoms with Gasteiger partial charge in [-0.05, 0) is 40.9 Å². The van der Waals surface area contributed by atoms with Gasteiger partial charge >= 0.3 is 5.97 Å². The Morgan fingerprint density at radius 1 is 1.32 bits per heavy atom. The molecule has 0 saturated heterocycles. The van der Waals surface area contributed by atoms with Crippen molar-refractivity contribution in [2.24, 2.45) is 5.92 Å². The molecule has 0 spiro atoms. The quantitative estimate of drug-likeness (QED) is 0.334. The summed E-state index contributed by atoms with van der Waals surface area (Å²) < 4.78 is 0.716. The third-order valence-electron chi connectivity index (χ3n) is 3.18. The minimum Gasteiger partial charge on any atom is -0.285 e. The fourth-order valence-electron chi connectivity index (χ4n) is 2.13. The summed E-state index contributed by atoms with van der Waals surface area (Å²) in [6.07, 6.45) is 5.17. The SMILES string of the molecule is O=C(OOc1ccc(Br)nc1CBr)C1CCCCC1. The van der Waals surface area contributed by atoms with Crippen molar-refractivity contribution in [3.8, 4) is 5.75 Å². The summed E-state index contributed by atoms with van der Waals surface area (Å²) in [7, 11) is 0. The molecule has 2 rings (SSSR count). The Balaban J connectivity index is 1.92. The summed E-state index contributed by atoms with van der Waals surface area (Å²) in [6, 6.07) is 3.47. The third-order valence-corrected chi connectivity index (χ3v) is 4.15. The molecule has 0 amide bonds. The van der Waals surface area contributed by atoms with Gasteiger partial charge < -0.3 is 0 Å². The van der Waals surface area contributed by atoms with E-state index in [2.05, 4.69) is 36.8 Å². The van der Waals surface area contributed by atoms with Crippen molar-refractivity contribution in [2.45, 2.75) is 37.4 Å². The zero-order valence-corrected chi connectivity index (χ0v) is 13.6. The summed E-state index contributed by atoms with van der Waals surface area (Å²) in [4.78, 5) is 26.2. The van der Waals surface area contributed by atoms with Gasteiger partial charge in [-0.25, -0.2) is 9.78 Å². The van der Waals surface area contributed by atoms with Crippen LogP contribution in [0.2, 0.25) is 0 Å². The Hall–Kier alpha value is -0.620. The highest BCUT2D eigenvalue weighted by Gasteiger charge is 2.24. The van der Waals surface area contributed by atoms with E-state index in [1.54, 1.807) is 12.1 Å². The van der Waals surface area contributed by atoms with Crippen LogP contribution in [0.1, 0.15) is 37.8 Å². The van der Waals surface area contributed by atoms with Crippen molar-refractivity contribution in [1.82, 2.24) is 4.98 Å². The summed E-state index contributed by atoms with van der Waals surface area (Å²) >= 11 is 6.61. The smallest absolute Gasteiger partial charge is 0.285 e. The van der Waals surface area contributed by atoms with E-state index < -0.39 is 0 Å². The minimum atomic E-state index is -0.275. The number of nitrogens with zero attached hydrogens (tertiary/aromatic N) is 1. The molecule has 104 valence electrons. The second-order valence-electron chi connectivity index (χ2n) is 4.53. The van der Waals surface area contributed by atoms with E-state index in [-0.39, 0.29) is 11.9 Å². The lowest BCUT2D eigenvalue weighted by atomic mass is 9.89. The number of aromatic nitrogens is 1. The van der Waals surface area contributed by atoms with Gasteiger partial charge in [0.1, 0.15) is 4.60 Å². The number of halogens is 2. The molecule has 0 unspecified atom stereocenters. The molecule has 0 aromatic carbocycles. The fourth-order valence-corrected chi connectivity index (χ4v) is 2.87. The Kier molecular flexibility index (Phi) is 5.63. The Bertz CT molecular complexity index is 448. The second kappa shape index (κ2) is 7.24. The highest BCUT2D eigenvalue weighted by molar-refractivity contribution is 9.10. The van der Waals surface area contributed by atoms with E-state index in [9.17, 15) is 4.79 Å². The van der Waals surface area contributed by atoms with E-state index in [0.29, 0.717) is 21.4 Å². The van der Waals surface area contributed by atoms with Crippen LogP contribution in [0.4, 0.5) is 0 Å². The maximum atomic E-state index is 11.8. The first kappa shape index (κ1) is 14.8. The van der Waals surface area contributed by atoms with Crippen LogP contribution in [0, 0.1) is 5.92 Å². The van der Waals surface area contributed by atoms with Crippen molar-refractivity contribution in [3.63, 3.8) is 0 Å². The molecule has 1 heterocycles. The summed E-state index contributed by atoms with van der Waals surface area (Å²) in [5.41, 5.74) is 0.686. The zero-order valence-electron chi connectivity index (χ0n) is 10.4. The normalized spacial score (nSPS) is 16.1. The lowest BCUT2D eigenvalue weighted by Crippen LogP contribution is -2.22. The molecule has 1 fully saturated rings. The molecule has 0 bridgehead atoms. The largest absolute Gasteiger partial charge is 0.358 e. The number of hydrogen-bond donors (Lipinski definition) is 0. The lowest BCUT2D eigenvalue weighted by Gasteiger charge is -2.19. The number of rotatable bonds is 4. The average Bonchev–Trinajstić information content (AvgIpc) is 2.46. The van der Waals surface area contributed by atoms with Crippen LogP contribution in [-0.2, 0) is 15.0 Å². The first-order valence-electron chi connectivity index (χ1n) is 6.30. The molecule has 0 atom stereocenters. The number of alkyl halides is 1. The Morgan fingerprint density at radius 3 is 2.74 bits per heavy atom. The Labute approximate surface area is 129 Å². The van der Waals surface area contributed by atoms with Gasteiger partial charge in [0.25, 0.3) is 0 Å². The predicted octanol–water partition coefficient (Wildman–Crippen LogP) is 4.16. The van der Waals surface area contributed by atoms with Crippen LogP contribution < -0.4 is 4.89 Å². The summed E-state index contributed by atoms with van der Waals surface area (Å²) in [6.45, 7) is 0. The van der Waals surface area contributed by atoms with Crippen molar-refractivity contribution >= 4 is 37.8 Å². The number of carbonyl (C=O) groups excluding carboxylic acids is 1. The van der Waals surface area contributed by atoms with Crippen molar-refractivity contribution in [1.29, 1.82) is 0 Å². The van der Waals surface area contributed by atoms with Crippen LogP contribution in [0.15, 0.2) is 16.7 Å². The highest BCUT2D eigenvalue weighted by Crippen LogP contribution is 2.26. The topological polar surface area (TPSA) is 48.4 Å². The lowest BCUT2D eigenvalue weighted by molar-refractivity contribution is -0.220. The Morgan fingerprint density at radius 2 is 2.05 bits per heavy atom. The van der Waals surface area contributed by atoms with Gasteiger partial charge in [-0.1, -0.05) is 35.2 Å². The zero-order chi connectivity index (χ0) is 13.7. The second-order valence-corrected chi connectivity index (χ2v) is 5.91. The summed E-state index contributed by atoms with van der Waals surface area (Å²) in [5.74, 6) is 0.164. The molecule has 1 aliphatic rings. The maximum absolute atomic E-state index is 11.8. The van der Waals surface area contributed by atoms with Crippen molar-refractivity contribution < 1.29 is 14.6 Å². The van der Waals surface area contributed by atoms with E-state index >= 15 is 0 Å². The standard InChI is InChI=1S/C13H15Br2NO3/c14-8-10-11(6-7-12(15)16-10)18-19-13(17)9-4-2-1-3-5-9/h6-7,9H,1-5,8H2. The third kappa shape index (κ3) is 4.18. The van der Waals surface area contributed by atoms with Crippen LogP contribution in [0.25, 0.3) is 0 Å². The van der Waals surface area contributed by atoms with Gasteiger partial charge in [-0.2, -0.15) is 0 Å². The molecular weight excluding hydrogens is 378 g/mol. The van der Waals surface area contributed by atoms with Gasteiger partial charge in [0.2, 0.25) is 5.75 Å². The first-order chi connectivity index (χ1) is 9.20. The molecule has 0 radical (unpaired) electrons. The predicted molar refractivity (Wildman–Crippen MR) is 77.9 cm³/mol. The molecule has 6 heteroatoms. The molecule has 0 N–H and O–H groups in total. The van der Waals surface area contributed by atoms with Crippen LogP contribution >= 0.6 is 31.9 Å². The molecule has 0 aliphatic heterocycles. The molecule has 1 aromatic heterocycles. The molecule has 4 nitrogen and oxygen atoms in total. The molecule has 19 heavy (non-hydrogen) atoms. The van der Waals surface area contributed by atoms with E-state index in [1.807, 2.05) is 0 Å². The van der Waals surface area contributed by atoms with E-state index in [0.717, 1.165) is 25.7 Å². The first-order valence-corrected chi connectivity index (χ1v) is 8.22. The molecule has 1 aromatic rings. The van der Waals surface area contributed by atoms with Gasteiger partial charge in [-0.3, -0.25) is 9.78 Å². The van der Waals surface area contributed by atoms with Gasteiger partial charge in [0.05, 0.1) is 11.6 Å². The maximum Gasteiger partial charge on any atom is 0.358 e. The van der Waals surface area contributed by atoms with Crippen LogP contribution in [0.3, 0.4) is 0 Å². The molecule has 1 aliphatic carbocycles. The van der Waals surface area contributed by atoms with Crippen LogP contribution in [-0.4, -0.2) is 11.0 Å². The van der Waals surface area contributed by atoms with Crippen molar-refractivity contribution in [2.75, 3.05) is 0 Å². The monoisotopic (exact) mass is 391 g/mol. The van der Waals surface area contributed by atoms with E-state index in [1.165, 1.54) is 6.42 Å². The number of hydrogen-bond acceptors (Lipinski definition) is 4. The average molecular weight is 393 g/mol. The fraction of sp³-hybridized carbons (Fsp3) is 0.538. The van der Waals surface area contributed by atoms with Gasteiger partial charge in [0, 0.05) is 5.33 Å². The minimum absolute atomic E-state index is 0.0235. The van der Waals surface area contributed by atoms with Crippen molar-refractivity contribution in [3.05, 3.63) is 22.4 Å². The molecule has 1 saturated carbocycles. The number of carbonyl (C=O) groups is 1. The molecular formula is C13H15Br2NO3. The van der Waals surface area contributed by atoms with Gasteiger partial charge in [0.15, 0.2) is 0 Å².